The zero-order chi connectivity index (χ0) is 25.2. The molecule has 182 valence electrons. The second kappa shape index (κ2) is 10.5. The molecule has 2 amide bonds. The highest BCUT2D eigenvalue weighted by Gasteiger charge is 2.34. The summed E-state index contributed by atoms with van der Waals surface area (Å²) in [5.74, 6) is -1.05. The van der Waals surface area contributed by atoms with E-state index < -0.39 is 11.7 Å². The molecule has 3 aromatic rings. The fourth-order valence-corrected chi connectivity index (χ4v) is 5.34. The normalized spacial score (nSPS) is 16.4. The molecule has 0 saturated heterocycles. The van der Waals surface area contributed by atoms with Crippen LogP contribution >= 0.6 is 35.0 Å². The zero-order valence-electron chi connectivity index (χ0n) is 19.0. The number of amidine groups is 1. The first-order chi connectivity index (χ1) is 17.4. The predicted octanol–water partition coefficient (Wildman–Crippen LogP) is 6.19. The summed E-state index contributed by atoms with van der Waals surface area (Å²) in [6.07, 6.45) is 2.36. The first kappa shape index (κ1) is 24.6. The Labute approximate surface area is 222 Å². The van der Waals surface area contributed by atoms with Gasteiger partial charge in [0, 0.05) is 13.1 Å². The quantitative estimate of drug-likeness (QED) is 0.371. The third kappa shape index (κ3) is 5.05. The lowest BCUT2D eigenvalue weighted by atomic mass is 10.00. The number of amides is 2. The first-order valence-electron chi connectivity index (χ1n) is 11.2. The molecule has 0 radical (unpaired) electrons. The van der Waals surface area contributed by atoms with E-state index in [0.717, 1.165) is 23.7 Å². The molecule has 0 fully saturated rings. The monoisotopic (exact) mass is 539 g/mol. The Balaban J connectivity index is 1.39. The number of thioether (sulfide) groups is 1. The fourth-order valence-electron chi connectivity index (χ4n) is 4.12. The second-order valence-corrected chi connectivity index (χ2v) is 10.1. The third-order valence-corrected chi connectivity index (χ3v) is 7.64. The molecular weight excluding hydrogens is 520 g/mol. The van der Waals surface area contributed by atoms with Crippen molar-refractivity contribution in [2.45, 2.75) is 13.0 Å². The average Bonchev–Trinajstić information content (AvgIpc) is 3.19. The van der Waals surface area contributed by atoms with Gasteiger partial charge in [0.15, 0.2) is 5.17 Å². The summed E-state index contributed by atoms with van der Waals surface area (Å²) in [5, 5.41) is 0.972. The van der Waals surface area contributed by atoms with Crippen LogP contribution in [0.1, 0.15) is 16.7 Å². The molecule has 5 rings (SSSR count). The minimum atomic E-state index is -0.561. The zero-order valence-corrected chi connectivity index (χ0v) is 21.3. The number of aliphatic imine (C=N–C) groups is 1. The highest BCUT2D eigenvalue weighted by molar-refractivity contribution is 8.14. The van der Waals surface area contributed by atoms with Crippen molar-refractivity contribution in [3.05, 3.63) is 105 Å². The Hall–Kier alpha value is -3.13. The molecule has 0 aliphatic carbocycles. The number of fused-ring (bicyclic) bond motifs is 1. The minimum absolute atomic E-state index is 0.0687. The number of halogens is 3. The molecule has 9 heteroatoms. The van der Waals surface area contributed by atoms with Gasteiger partial charge in [0.2, 0.25) is 5.91 Å². The Bertz CT molecular complexity index is 1430. The van der Waals surface area contributed by atoms with Crippen LogP contribution in [0.15, 0.2) is 77.4 Å². The predicted molar refractivity (Wildman–Crippen MR) is 144 cm³/mol. The maximum absolute atomic E-state index is 14.7. The molecule has 0 aromatic heterocycles. The number of carbonyl (C=O) groups excluding carboxylic acids is 2. The largest absolute Gasteiger partial charge is 0.337 e. The number of benzene rings is 3. The van der Waals surface area contributed by atoms with Crippen molar-refractivity contribution in [3.8, 4) is 0 Å². The van der Waals surface area contributed by atoms with Crippen LogP contribution in [-0.4, -0.2) is 34.2 Å². The van der Waals surface area contributed by atoms with E-state index in [4.69, 9.17) is 23.2 Å². The summed E-state index contributed by atoms with van der Waals surface area (Å²) in [7, 11) is 0. The van der Waals surface area contributed by atoms with Gasteiger partial charge < -0.3 is 4.90 Å². The molecule has 2 aliphatic rings. The molecule has 36 heavy (non-hydrogen) atoms. The number of anilines is 1. The van der Waals surface area contributed by atoms with Gasteiger partial charge in [-0.05, 0) is 53.5 Å². The van der Waals surface area contributed by atoms with Crippen molar-refractivity contribution in [1.82, 2.24) is 4.90 Å². The molecule has 0 spiro atoms. The highest BCUT2D eigenvalue weighted by Crippen LogP contribution is 2.32. The number of nitrogens with zero attached hydrogens (tertiary/aromatic N) is 3. The lowest BCUT2D eigenvalue weighted by molar-refractivity contribution is -0.129. The van der Waals surface area contributed by atoms with Gasteiger partial charge in [-0.3, -0.25) is 14.5 Å². The Morgan fingerprint density at radius 1 is 1.03 bits per heavy atom. The number of hydrogen-bond acceptors (Lipinski definition) is 4. The fraction of sp³-hybridized carbons (Fsp3) is 0.148. The molecule has 3 aromatic carbocycles. The van der Waals surface area contributed by atoms with Gasteiger partial charge in [-0.15, -0.1) is 0 Å². The van der Waals surface area contributed by atoms with Gasteiger partial charge in [-0.1, -0.05) is 77.4 Å². The van der Waals surface area contributed by atoms with Crippen LogP contribution in [0, 0.1) is 5.82 Å². The first-order valence-corrected chi connectivity index (χ1v) is 13.0. The molecule has 0 unspecified atom stereocenters. The number of hydrogen-bond donors (Lipinski definition) is 0. The van der Waals surface area contributed by atoms with E-state index in [2.05, 4.69) is 11.1 Å². The standard InChI is InChI=1S/C27H20Cl2FN3O2S/c28-20-10-9-17(13-21(20)29)14-23-26(35)33(24-8-4-3-7-22(24)30)27(31-23)36-16-25(34)32-12-11-18-5-1-2-6-19(18)15-32/h1-10,13-14H,11-12,15-16H2/b23-14+. The van der Waals surface area contributed by atoms with E-state index in [9.17, 15) is 14.0 Å². The van der Waals surface area contributed by atoms with Crippen LogP contribution in [0.4, 0.5) is 10.1 Å². The van der Waals surface area contributed by atoms with Crippen molar-refractivity contribution >= 4 is 63.7 Å². The van der Waals surface area contributed by atoms with Crippen LogP contribution in [0.5, 0.6) is 0 Å². The van der Waals surface area contributed by atoms with Gasteiger partial charge in [-0.2, -0.15) is 0 Å². The van der Waals surface area contributed by atoms with Crippen LogP contribution in [0.25, 0.3) is 6.08 Å². The minimum Gasteiger partial charge on any atom is -0.337 e. The van der Waals surface area contributed by atoms with E-state index in [1.165, 1.54) is 22.6 Å². The van der Waals surface area contributed by atoms with E-state index in [1.807, 2.05) is 18.2 Å². The summed E-state index contributed by atoms with van der Waals surface area (Å²) in [4.78, 5) is 33.8. The highest BCUT2D eigenvalue weighted by atomic mass is 35.5. The summed E-state index contributed by atoms with van der Waals surface area (Å²) >= 11 is 13.2. The van der Waals surface area contributed by atoms with Gasteiger partial charge in [0.1, 0.15) is 11.5 Å². The van der Waals surface area contributed by atoms with Crippen molar-refractivity contribution in [2.24, 2.45) is 4.99 Å². The molecule has 0 saturated carbocycles. The van der Waals surface area contributed by atoms with E-state index in [0.29, 0.717) is 28.7 Å². The van der Waals surface area contributed by atoms with Gasteiger partial charge >= 0.3 is 0 Å². The van der Waals surface area contributed by atoms with Crippen molar-refractivity contribution < 1.29 is 14.0 Å². The van der Waals surface area contributed by atoms with Crippen LogP contribution in [-0.2, 0) is 22.6 Å². The Morgan fingerprint density at radius 3 is 2.56 bits per heavy atom. The topological polar surface area (TPSA) is 53.0 Å². The maximum atomic E-state index is 14.7. The van der Waals surface area contributed by atoms with Crippen molar-refractivity contribution in [2.75, 3.05) is 17.2 Å². The molecular formula is C27H20Cl2FN3O2S. The summed E-state index contributed by atoms with van der Waals surface area (Å²) < 4.78 is 14.7. The third-order valence-electron chi connectivity index (χ3n) is 5.98. The van der Waals surface area contributed by atoms with Crippen LogP contribution in [0.2, 0.25) is 10.0 Å². The maximum Gasteiger partial charge on any atom is 0.283 e. The lowest BCUT2D eigenvalue weighted by Crippen LogP contribution is -2.38. The molecule has 0 N–H and O–H groups in total. The van der Waals surface area contributed by atoms with Crippen molar-refractivity contribution in [1.29, 1.82) is 0 Å². The summed E-state index contributed by atoms with van der Waals surface area (Å²) in [5.41, 5.74) is 3.20. The number of para-hydroxylation sites is 1. The Kier molecular flexibility index (Phi) is 7.14. The smallest absolute Gasteiger partial charge is 0.283 e. The molecule has 0 atom stereocenters. The number of carbonyl (C=O) groups is 2. The number of rotatable bonds is 4. The van der Waals surface area contributed by atoms with Gasteiger partial charge in [-0.25, -0.2) is 9.38 Å². The van der Waals surface area contributed by atoms with Crippen LogP contribution < -0.4 is 4.90 Å². The average molecular weight is 540 g/mol. The summed E-state index contributed by atoms with van der Waals surface area (Å²) in [6, 6.07) is 19.0. The Morgan fingerprint density at radius 2 is 1.78 bits per heavy atom. The summed E-state index contributed by atoms with van der Waals surface area (Å²) in [6.45, 7) is 1.17. The van der Waals surface area contributed by atoms with E-state index in [1.54, 1.807) is 41.3 Å². The molecule has 0 bridgehead atoms. The SMILES string of the molecule is O=C(CSC1=N/C(=C/c2ccc(Cl)c(Cl)c2)C(=O)N1c1ccccc1F)N1CCc2ccccc2C1. The van der Waals surface area contributed by atoms with E-state index >= 15 is 0 Å². The van der Waals surface area contributed by atoms with E-state index in [-0.39, 0.29) is 28.2 Å². The molecule has 2 heterocycles. The van der Waals surface area contributed by atoms with Crippen LogP contribution in [0.3, 0.4) is 0 Å². The molecule has 5 nitrogen and oxygen atoms in total. The lowest BCUT2D eigenvalue weighted by Gasteiger charge is -2.29. The molecule has 2 aliphatic heterocycles. The van der Waals surface area contributed by atoms with Gasteiger partial charge in [0.05, 0.1) is 21.5 Å². The van der Waals surface area contributed by atoms with Crippen molar-refractivity contribution in [3.63, 3.8) is 0 Å². The second-order valence-electron chi connectivity index (χ2n) is 8.31. The van der Waals surface area contributed by atoms with Gasteiger partial charge in [0.25, 0.3) is 5.91 Å².